The summed E-state index contributed by atoms with van der Waals surface area (Å²) in [5.74, 6) is -0.469. The smallest absolute Gasteiger partial charge is 0.306 e. The Morgan fingerprint density at radius 2 is 0.605 bits per heavy atom. The van der Waals surface area contributed by atoms with Crippen LogP contribution in [0.25, 0.3) is 0 Å². The van der Waals surface area contributed by atoms with Gasteiger partial charge in [-0.1, -0.05) is 125 Å². The second kappa shape index (κ2) is 30.8. The van der Waals surface area contributed by atoms with Crippen molar-refractivity contribution in [1.82, 2.24) is 0 Å². The van der Waals surface area contributed by atoms with Crippen molar-refractivity contribution in [3.8, 4) is 23.0 Å². The molecule has 0 amide bonds. The van der Waals surface area contributed by atoms with E-state index in [9.17, 15) is 39.6 Å². The highest BCUT2D eigenvalue weighted by atomic mass is 16.6. The van der Waals surface area contributed by atoms with Crippen LogP contribution in [0.2, 0.25) is 0 Å². The normalized spacial score (nSPS) is 12.1. The van der Waals surface area contributed by atoms with E-state index < -0.39 is 5.41 Å². The van der Waals surface area contributed by atoms with Gasteiger partial charge in [0.15, 0.2) is 0 Å². The number of carbonyl (C=O) groups excluding carboxylic acids is 4. The van der Waals surface area contributed by atoms with Gasteiger partial charge in [0.05, 0.1) is 39.6 Å². The quantitative estimate of drug-likeness (QED) is 0.0210. The fourth-order valence-electron chi connectivity index (χ4n) is 9.46. The highest BCUT2D eigenvalue weighted by molar-refractivity contribution is 5.71. The SMILES string of the molecule is Cc1cc(CCC(=O)OCCOCCOCCOC(=O)CCc2cc(CCC(C)(C)c3cc(CCC(=O)OCCOCCOC(=O)CCc4cc(C)c(O)c(C(C)(C)C)c4)cc(C)c3O)c(O)c(C(C)(C)C)c2)cc(C(C)(C)C)c1O. The summed E-state index contributed by atoms with van der Waals surface area (Å²) in [7, 11) is 0. The molecule has 0 fully saturated rings. The lowest BCUT2D eigenvalue weighted by molar-refractivity contribution is -0.147. The largest absolute Gasteiger partial charge is 0.507 e. The van der Waals surface area contributed by atoms with Gasteiger partial charge in [-0.15, -0.1) is 0 Å². The van der Waals surface area contributed by atoms with Crippen LogP contribution in [0.15, 0.2) is 48.5 Å². The molecule has 0 aromatic heterocycles. The second-order valence-corrected chi connectivity index (χ2v) is 24.9. The Morgan fingerprint density at radius 1 is 0.346 bits per heavy atom. The summed E-state index contributed by atoms with van der Waals surface area (Å²) < 4.78 is 38.1. The number of hydrogen-bond acceptors (Lipinski definition) is 15. The van der Waals surface area contributed by atoms with E-state index in [-0.39, 0.29) is 155 Å². The van der Waals surface area contributed by atoms with Gasteiger partial charge in [-0.2, -0.15) is 0 Å². The molecule has 0 spiro atoms. The van der Waals surface area contributed by atoms with Crippen LogP contribution >= 0.6 is 0 Å². The lowest BCUT2D eigenvalue weighted by Gasteiger charge is -2.29. The Morgan fingerprint density at radius 3 is 0.914 bits per heavy atom. The topological polar surface area (TPSA) is 214 Å². The zero-order valence-electron chi connectivity index (χ0n) is 51.0. The van der Waals surface area contributed by atoms with E-state index in [1.807, 2.05) is 145 Å². The molecule has 15 nitrogen and oxygen atoms in total. The average molecular weight is 1130 g/mol. The Labute approximate surface area is 482 Å². The van der Waals surface area contributed by atoms with Gasteiger partial charge in [0.2, 0.25) is 0 Å². The first-order chi connectivity index (χ1) is 37.9. The van der Waals surface area contributed by atoms with E-state index in [0.717, 1.165) is 61.2 Å². The molecular formula is C66H94O15. The zero-order valence-corrected chi connectivity index (χ0v) is 51.0. The number of benzene rings is 4. The standard InChI is InChI=1S/C66H94O15/c1-43-35-46(39-51(59(43)71)63(4,5)6)15-19-55(67)78-31-27-75-25-26-76-28-32-79-58(70)22-18-49-38-50(62(74)53(41-49)65(10,11)12)23-24-66(13,14)54-42-48(37-45(3)61(54)73)17-21-57(69)81-34-30-77-29-33-80-56(68)20-16-47-36-44(2)60(72)52(40-47)64(7,8)9/h35-42,71-74H,15-34H2,1-14H3. The van der Waals surface area contributed by atoms with Crippen molar-refractivity contribution < 1.29 is 72.8 Å². The third kappa shape index (κ3) is 22.3. The number of hydrogen-bond donors (Lipinski definition) is 4. The Balaban J connectivity index is 1.14. The van der Waals surface area contributed by atoms with E-state index in [2.05, 4.69) is 0 Å². The van der Waals surface area contributed by atoms with E-state index in [4.69, 9.17) is 33.2 Å². The maximum Gasteiger partial charge on any atom is 0.306 e. The van der Waals surface area contributed by atoms with Crippen molar-refractivity contribution in [2.24, 2.45) is 0 Å². The number of carbonyl (C=O) groups is 4. The maximum atomic E-state index is 12.8. The summed E-state index contributed by atoms with van der Waals surface area (Å²) in [6.45, 7) is 29.6. The van der Waals surface area contributed by atoms with Crippen LogP contribution < -0.4 is 0 Å². The van der Waals surface area contributed by atoms with Gasteiger partial charge in [-0.25, -0.2) is 0 Å². The predicted octanol–water partition coefficient (Wildman–Crippen LogP) is 11.6. The van der Waals surface area contributed by atoms with Gasteiger partial charge in [-0.3, -0.25) is 19.2 Å². The summed E-state index contributed by atoms with van der Waals surface area (Å²) >= 11 is 0. The number of aromatic hydroxyl groups is 4. The van der Waals surface area contributed by atoms with Gasteiger partial charge >= 0.3 is 23.9 Å². The lowest BCUT2D eigenvalue weighted by Crippen LogP contribution is -2.20. The van der Waals surface area contributed by atoms with Crippen molar-refractivity contribution >= 4 is 23.9 Å². The molecule has 0 radical (unpaired) electrons. The van der Waals surface area contributed by atoms with Gasteiger partial charge in [0.25, 0.3) is 0 Å². The van der Waals surface area contributed by atoms with Crippen molar-refractivity contribution in [1.29, 1.82) is 0 Å². The number of phenolic OH excluding ortho intramolecular Hbond substituents is 4. The molecule has 15 heteroatoms. The second-order valence-electron chi connectivity index (χ2n) is 24.9. The molecule has 0 unspecified atom stereocenters. The molecule has 4 aromatic carbocycles. The van der Waals surface area contributed by atoms with Gasteiger partial charge in [-0.05, 0) is 142 Å². The van der Waals surface area contributed by atoms with Crippen molar-refractivity contribution in [2.45, 2.75) is 183 Å². The number of phenols is 4. The molecule has 81 heavy (non-hydrogen) atoms. The maximum absolute atomic E-state index is 12.8. The number of aryl methyl sites for hydroxylation is 8. The highest BCUT2D eigenvalue weighted by Gasteiger charge is 2.29. The molecule has 0 heterocycles. The van der Waals surface area contributed by atoms with Gasteiger partial charge in [0, 0.05) is 31.2 Å². The minimum atomic E-state index is -0.538. The van der Waals surface area contributed by atoms with Crippen LogP contribution in [0, 0.1) is 20.8 Å². The first-order valence-corrected chi connectivity index (χ1v) is 28.6. The summed E-state index contributed by atoms with van der Waals surface area (Å²) in [5, 5.41) is 43.9. The first kappa shape index (κ1) is 67.3. The van der Waals surface area contributed by atoms with Crippen LogP contribution in [0.5, 0.6) is 23.0 Å². The molecule has 0 aliphatic heterocycles. The van der Waals surface area contributed by atoms with E-state index >= 15 is 0 Å². The average Bonchev–Trinajstić information content (AvgIpc) is 3.46. The third-order valence-electron chi connectivity index (χ3n) is 14.3. The molecule has 0 bridgehead atoms. The fourth-order valence-corrected chi connectivity index (χ4v) is 9.46. The van der Waals surface area contributed by atoms with Gasteiger partial charge < -0.3 is 53.6 Å². The van der Waals surface area contributed by atoms with E-state index in [1.54, 1.807) is 0 Å². The van der Waals surface area contributed by atoms with E-state index in [0.29, 0.717) is 44.1 Å². The first-order valence-electron chi connectivity index (χ1n) is 28.6. The third-order valence-corrected chi connectivity index (χ3v) is 14.3. The summed E-state index contributed by atoms with van der Waals surface area (Å²) in [4.78, 5) is 50.3. The molecule has 4 N–H and O–H groups in total. The fraction of sp³-hybridized carbons (Fsp3) is 0.576. The molecule has 448 valence electrons. The molecule has 0 aliphatic rings. The Bertz CT molecular complexity index is 2730. The van der Waals surface area contributed by atoms with Gasteiger partial charge in [0.1, 0.15) is 49.4 Å². The molecule has 4 rings (SSSR count). The van der Waals surface area contributed by atoms with Crippen molar-refractivity contribution in [2.75, 3.05) is 66.1 Å². The van der Waals surface area contributed by atoms with Crippen molar-refractivity contribution in [3.63, 3.8) is 0 Å². The van der Waals surface area contributed by atoms with Crippen LogP contribution in [0.4, 0.5) is 0 Å². The van der Waals surface area contributed by atoms with Crippen LogP contribution in [-0.4, -0.2) is 110 Å². The molecule has 4 aromatic rings. The minimum Gasteiger partial charge on any atom is -0.507 e. The molecular weight excluding hydrogens is 1030 g/mol. The minimum absolute atomic E-state index is 0.0502. The predicted molar refractivity (Wildman–Crippen MR) is 314 cm³/mol. The molecule has 0 saturated carbocycles. The summed E-state index contributed by atoms with van der Waals surface area (Å²) in [5.41, 5.74) is 8.50. The summed E-state index contributed by atoms with van der Waals surface area (Å²) in [6, 6.07) is 15.4. The van der Waals surface area contributed by atoms with E-state index in [1.165, 1.54) is 0 Å². The monoisotopic (exact) mass is 1130 g/mol. The van der Waals surface area contributed by atoms with Crippen molar-refractivity contribution in [3.05, 3.63) is 115 Å². The van der Waals surface area contributed by atoms with Crippen LogP contribution in [0.3, 0.4) is 0 Å². The molecule has 0 aliphatic carbocycles. The lowest BCUT2D eigenvalue weighted by atomic mass is 9.76. The van der Waals surface area contributed by atoms with Crippen LogP contribution in [0.1, 0.15) is 175 Å². The summed E-state index contributed by atoms with van der Waals surface area (Å²) in [6.07, 6.45) is 3.54. The number of esters is 4. The molecule has 0 saturated heterocycles. The Hall–Kier alpha value is -6.16. The highest BCUT2D eigenvalue weighted by Crippen LogP contribution is 2.41. The number of ether oxygens (including phenoxy) is 7. The number of rotatable bonds is 31. The molecule has 0 atom stereocenters. The Kier molecular flexibility index (Phi) is 25.6. The zero-order chi connectivity index (χ0) is 60.3. The van der Waals surface area contributed by atoms with Crippen LogP contribution in [-0.2, 0) is 106 Å².